The molecule has 32 heavy (non-hydrogen) atoms. The first-order valence-electron chi connectivity index (χ1n) is 10.2. The molecule has 9 heteroatoms. The van der Waals surface area contributed by atoms with Gasteiger partial charge >= 0.3 is 12.1 Å². The number of benzene rings is 1. The van der Waals surface area contributed by atoms with Crippen LogP contribution in [0.4, 0.5) is 13.2 Å². The molecule has 0 saturated heterocycles. The molecule has 2 N–H and O–H groups in total. The van der Waals surface area contributed by atoms with Crippen molar-refractivity contribution >= 4 is 17.4 Å². The summed E-state index contributed by atoms with van der Waals surface area (Å²) < 4.78 is 40.8. The number of aliphatic carboxylic acids is 1. The first-order valence-corrected chi connectivity index (χ1v) is 10.2. The highest BCUT2D eigenvalue weighted by molar-refractivity contribution is 6.02. The maximum Gasteiger partial charge on any atom is 0.416 e. The van der Waals surface area contributed by atoms with Crippen LogP contribution in [0.3, 0.4) is 0 Å². The lowest BCUT2D eigenvalue weighted by atomic mass is 9.38. The minimum absolute atomic E-state index is 0.114. The minimum atomic E-state index is -4.43. The summed E-state index contributed by atoms with van der Waals surface area (Å²) in [5.74, 6) is -1.13. The topological polar surface area (TPSA) is 83.7 Å². The van der Waals surface area contributed by atoms with Crippen molar-refractivity contribution in [2.24, 2.45) is 5.41 Å². The molecule has 0 atom stereocenters. The Morgan fingerprint density at radius 3 is 2.59 bits per heavy atom. The molecule has 3 aliphatic carbocycles. The molecule has 0 spiro atoms. The number of carboxylic acid groups (broad SMARTS) is 1. The van der Waals surface area contributed by atoms with E-state index in [0.717, 1.165) is 12.1 Å². The first-order chi connectivity index (χ1) is 15.1. The van der Waals surface area contributed by atoms with Gasteiger partial charge in [0.25, 0.3) is 5.91 Å². The van der Waals surface area contributed by atoms with Crippen LogP contribution in [0, 0.1) is 5.41 Å². The summed E-state index contributed by atoms with van der Waals surface area (Å²) in [6.45, 7) is 0. The molecule has 3 saturated carbocycles. The first kappa shape index (κ1) is 20.5. The Labute approximate surface area is 181 Å². The van der Waals surface area contributed by atoms with Crippen molar-refractivity contribution in [1.29, 1.82) is 0 Å². The van der Waals surface area contributed by atoms with Gasteiger partial charge in [-0.2, -0.15) is 18.3 Å². The van der Waals surface area contributed by atoms with Gasteiger partial charge in [0.2, 0.25) is 0 Å². The van der Waals surface area contributed by atoms with E-state index in [1.807, 2.05) is 0 Å². The van der Waals surface area contributed by atoms with Crippen LogP contribution in [0.1, 0.15) is 52.7 Å². The Kier molecular flexibility index (Phi) is 4.38. The lowest BCUT2D eigenvalue weighted by Crippen LogP contribution is -2.74. The van der Waals surface area contributed by atoms with E-state index in [9.17, 15) is 22.8 Å². The molecule has 3 aromatic rings. The Morgan fingerprint density at radius 2 is 1.91 bits per heavy atom. The zero-order chi connectivity index (χ0) is 22.7. The summed E-state index contributed by atoms with van der Waals surface area (Å²) in [7, 11) is 0. The van der Waals surface area contributed by atoms with Crippen molar-refractivity contribution in [1.82, 2.24) is 14.9 Å². The van der Waals surface area contributed by atoms with Gasteiger partial charge in [0, 0.05) is 11.7 Å². The number of hydrogen-bond acceptors (Lipinski definition) is 3. The highest BCUT2D eigenvalue weighted by atomic mass is 19.4. The van der Waals surface area contributed by atoms with Gasteiger partial charge in [0.05, 0.1) is 29.3 Å². The molecule has 0 radical (unpaired) electrons. The molecule has 1 aromatic carbocycles. The number of amides is 1. The highest BCUT2D eigenvalue weighted by Gasteiger charge is 2.68. The standard InChI is InChI=1S/C23H20F3N3O3/c24-23(25,26)16-5-1-3-14(8-16)7-15-4-2-6-29-19(15)17(10-27-29)20(32)28-22-11-21(12-22,13-22)9-18(30)31/h1-6,8,10H,7,9,11-13H2,(H,28,32)(H,30,31). The summed E-state index contributed by atoms with van der Waals surface area (Å²) in [6.07, 6.45) is 0.986. The van der Waals surface area contributed by atoms with Gasteiger partial charge in [0.1, 0.15) is 0 Å². The molecule has 0 aliphatic heterocycles. The quantitative estimate of drug-likeness (QED) is 0.602. The Morgan fingerprint density at radius 1 is 1.16 bits per heavy atom. The summed E-state index contributed by atoms with van der Waals surface area (Å²) >= 11 is 0. The fourth-order valence-corrected chi connectivity index (χ4v) is 5.45. The lowest BCUT2D eigenvalue weighted by molar-refractivity contribution is -0.172. The van der Waals surface area contributed by atoms with Crippen LogP contribution in [0.5, 0.6) is 0 Å². The highest BCUT2D eigenvalue weighted by Crippen LogP contribution is 2.69. The monoisotopic (exact) mass is 443 g/mol. The van der Waals surface area contributed by atoms with Crippen molar-refractivity contribution in [3.63, 3.8) is 0 Å². The second-order valence-corrected chi connectivity index (χ2v) is 9.10. The predicted octanol–water partition coefficient (Wildman–Crippen LogP) is 4.07. The number of alkyl halides is 3. The molecule has 166 valence electrons. The fourth-order valence-electron chi connectivity index (χ4n) is 5.45. The smallest absolute Gasteiger partial charge is 0.416 e. The number of halogens is 3. The predicted molar refractivity (Wildman–Crippen MR) is 108 cm³/mol. The minimum Gasteiger partial charge on any atom is -0.481 e. The number of nitrogens with one attached hydrogen (secondary N) is 1. The Hall–Kier alpha value is -3.36. The van der Waals surface area contributed by atoms with Crippen LogP contribution in [-0.4, -0.2) is 32.1 Å². The fraction of sp³-hybridized carbons (Fsp3) is 0.348. The van der Waals surface area contributed by atoms with E-state index >= 15 is 0 Å². The van der Waals surface area contributed by atoms with E-state index in [-0.39, 0.29) is 29.7 Å². The van der Waals surface area contributed by atoms with Gasteiger partial charge in [-0.1, -0.05) is 24.3 Å². The second-order valence-electron chi connectivity index (χ2n) is 9.10. The number of nitrogens with zero attached hydrogens (tertiary/aromatic N) is 2. The summed E-state index contributed by atoms with van der Waals surface area (Å²) in [4.78, 5) is 24.0. The van der Waals surface area contributed by atoms with Crippen molar-refractivity contribution in [3.8, 4) is 0 Å². The average Bonchev–Trinajstić information content (AvgIpc) is 3.10. The Bertz CT molecular complexity index is 1230. The third-order valence-electron chi connectivity index (χ3n) is 6.56. The summed E-state index contributed by atoms with van der Waals surface area (Å²) in [5, 5.41) is 16.3. The number of aromatic nitrogens is 2. The van der Waals surface area contributed by atoms with E-state index < -0.39 is 17.7 Å². The molecule has 6 rings (SSSR count). The van der Waals surface area contributed by atoms with Gasteiger partial charge in [-0.3, -0.25) is 9.59 Å². The Balaban J connectivity index is 1.39. The van der Waals surface area contributed by atoms with Crippen molar-refractivity contribution in [3.05, 3.63) is 71.0 Å². The average molecular weight is 443 g/mol. The maximum atomic E-state index is 13.1. The van der Waals surface area contributed by atoms with Crippen molar-refractivity contribution in [2.45, 2.75) is 43.8 Å². The van der Waals surface area contributed by atoms with Gasteiger partial charge in [-0.25, -0.2) is 4.52 Å². The van der Waals surface area contributed by atoms with Gasteiger partial charge in [0.15, 0.2) is 0 Å². The number of carbonyl (C=O) groups excluding carboxylic acids is 1. The van der Waals surface area contributed by atoms with Gasteiger partial charge in [-0.15, -0.1) is 0 Å². The molecule has 2 heterocycles. The van der Waals surface area contributed by atoms with Crippen LogP contribution in [0.2, 0.25) is 0 Å². The molecular formula is C23H20F3N3O3. The van der Waals surface area contributed by atoms with Crippen LogP contribution >= 0.6 is 0 Å². The molecule has 3 fully saturated rings. The van der Waals surface area contributed by atoms with Crippen molar-refractivity contribution < 1.29 is 27.9 Å². The molecule has 1 amide bonds. The number of carbonyl (C=O) groups is 2. The number of carboxylic acids is 1. The normalized spacial score (nSPS) is 24.0. The third-order valence-corrected chi connectivity index (χ3v) is 6.56. The molecule has 0 unspecified atom stereocenters. The van der Waals surface area contributed by atoms with Gasteiger partial charge < -0.3 is 10.4 Å². The van der Waals surface area contributed by atoms with Crippen LogP contribution in [-0.2, 0) is 17.4 Å². The van der Waals surface area contributed by atoms with E-state index in [2.05, 4.69) is 10.4 Å². The number of rotatable bonds is 6. The van der Waals surface area contributed by atoms with Crippen LogP contribution < -0.4 is 5.32 Å². The zero-order valence-corrected chi connectivity index (χ0v) is 16.9. The van der Waals surface area contributed by atoms with E-state index in [1.165, 1.54) is 12.3 Å². The molecule has 2 bridgehead atoms. The lowest BCUT2D eigenvalue weighted by Gasteiger charge is -2.70. The third kappa shape index (κ3) is 3.41. The van der Waals surface area contributed by atoms with Crippen LogP contribution in [0.25, 0.3) is 5.52 Å². The summed E-state index contributed by atoms with van der Waals surface area (Å²) in [6, 6.07) is 8.65. The number of hydrogen-bond donors (Lipinski definition) is 2. The largest absolute Gasteiger partial charge is 0.481 e. The van der Waals surface area contributed by atoms with E-state index in [4.69, 9.17) is 5.11 Å². The zero-order valence-electron chi connectivity index (χ0n) is 16.9. The van der Waals surface area contributed by atoms with Crippen LogP contribution in [0.15, 0.2) is 48.8 Å². The number of pyridine rings is 1. The molecule has 2 aromatic heterocycles. The SMILES string of the molecule is O=C(O)CC12CC(NC(=O)c3cnn4cccc(Cc5cccc(C(F)(F)F)c5)c34)(C1)C2. The second kappa shape index (κ2) is 6.82. The van der Waals surface area contributed by atoms with E-state index in [1.54, 1.807) is 28.9 Å². The molecular weight excluding hydrogens is 423 g/mol. The molecule has 6 nitrogen and oxygen atoms in total. The summed E-state index contributed by atoms with van der Waals surface area (Å²) in [5.41, 5.74) is 0.794. The molecule has 3 aliphatic rings. The van der Waals surface area contributed by atoms with Crippen molar-refractivity contribution in [2.75, 3.05) is 0 Å². The van der Waals surface area contributed by atoms with E-state index in [0.29, 0.717) is 41.5 Å². The van der Waals surface area contributed by atoms with Gasteiger partial charge in [-0.05, 0) is 54.4 Å². The number of fused-ring (bicyclic) bond motifs is 1. The maximum absolute atomic E-state index is 13.1.